The van der Waals surface area contributed by atoms with E-state index in [9.17, 15) is 4.79 Å². The summed E-state index contributed by atoms with van der Waals surface area (Å²) in [6, 6.07) is 17.0. The molecule has 0 radical (unpaired) electrons. The third-order valence-electron chi connectivity index (χ3n) is 5.83. The average Bonchev–Trinajstić information content (AvgIpc) is 3.11. The van der Waals surface area contributed by atoms with E-state index in [0.29, 0.717) is 12.5 Å². The summed E-state index contributed by atoms with van der Waals surface area (Å²) in [4.78, 5) is 20.1. The Kier molecular flexibility index (Phi) is 7.89. The second kappa shape index (κ2) is 10.6. The highest BCUT2D eigenvalue weighted by atomic mass is 16.2. The van der Waals surface area contributed by atoms with Gasteiger partial charge in [0.1, 0.15) is 12.4 Å². The predicted octanol–water partition coefficient (Wildman–Crippen LogP) is 6.04. The molecule has 0 aliphatic heterocycles. The number of rotatable bonds is 10. The number of carbonyl (C=O) groups is 1. The molecule has 2 aromatic carbocycles. The Labute approximate surface area is 187 Å². The smallest absolute Gasteiger partial charge is 0.242 e. The highest BCUT2D eigenvalue weighted by Crippen LogP contribution is 2.28. The van der Waals surface area contributed by atoms with Crippen LogP contribution in [0.1, 0.15) is 70.3 Å². The van der Waals surface area contributed by atoms with Crippen LogP contribution in [0.5, 0.6) is 0 Å². The fourth-order valence-corrected chi connectivity index (χ4v) is 4.29. The van der Waals surface area contributed by atoms with Gasteiger partial charge in [-0.05, 0) is 48.4 Å². The van der Waals surface area contributed by atoms with Crippen molar-refractivity contribution < 1.29 is 4.79 Å². The molecule has 0 saturated carbocycles. The first-order chi connectivity index (χ1) is 14.9. The summed E-state index contributed by atoms with van der Waals surface area (Å²) in [5.41, 5.74) is 4.58. The van der Waals surface area contributed by atoms with Crippen molar-refractivity contribution in [3.63, 3.8) is 0 Å². The van der Waals surface area contributed by atoms with Crippen molar-refractivity contribution in [3.8, 4) is 0 Å². The third-order valence-corrected chi connectivity index (χ3v) is 5.83. The van der Waals surface area contributed by atoms with Crippen LogP contribution in [-0.2, 0) is 17.8 Å². The molecule has 0 N–H and O–H groups in total. The topological polar surface area (TPSA) is 38.1 Å². The summed E-state index contributed by atoms with van der Waals surface area (Å²) in [6.45, 7) is 12.9. The van der Waals surface area contributed by atoms with Crippen molar-refractivity contribution in [1.82, 2.24) is 14.5 Å². The lowest BCUT2D eigenvalue weighted by molar-refractivity contribution is -0.131. The SMILES string of the molecule is CCCN(CCC)C(=O)Cn1c(C(C)c2ccc(CC(C)C)cc2)nc2ccccc21. The molecule has 1 unspecified atom stereocenters. The number of benzene rings is 2. The maximum Gasteiger partial charge on any atom is 0.242 e. The Morgan fingerprint density at radius 2 is 1.61 bits per heavy atom. The summed E-state index contributed by atoms with van der Waals surface area (Å²) in [5, 5.41) is 0. The molecule has 3 rings (SSSR count). The summed E-state index contributed by atoms with van der Waals surface area (Å²) in [7, 11) is 0. The molecule has 166 valence electrons. The van der Waals surface area contributed by atoms with Gasteiger partial charge in [0.05, 0.1) is 11.0 Å². The van der Waals surface area contributed by atoms with Crippen molar-refractivity contribution in [2.75, 3.05) is 13.1 Å². The molecule has 0 spiro atoms. The minimum atomic E-state index is 0.110. The zero-order valence-corrected chi connectivity index (χ0v) is 19.8. The number of nitrogens with zero attached hydrogens (tertiary/aromatic N) is 3. The second-order valence-electron chi connectivity index (χ2n) is 8.99. The van der Waals surface area contributed by atoms with Crippen molar-refractivity contribution in [3.05, 3.63) is 65.5 Å². The van der Waals surface area contributed by atoms with E-state index in [-0.39, 0.29) is 11.8 Å². The quantitative estimate of drug-likeness (QED) is 0.402. The average molecular weight is 420 g/mol. The van der Waals surface area contributed by atoms with Crippen molar-refractivity contribution in [2.24, 2.45) is 5.92 Å². The normalized spacial score (nSPS) is 12.5. The number of para-hydroxylation sites is 2. The molecule has 1 amide bonds. The number of carbonyl (C=O) groups excluding carboxylic acids is 1. The predicted molar refractivity (Wildman–Crippen MR) is 129 cm³/mol. The summed E-state index contributed by atoms with van der Waals surface area (Å²) in [6.07, 6.45) is 3.04. The lowest BCUT2D eigenvalue weighted by Crippen LogP contribution is -2.35. The fraction of sp³-hybridized carbons (Fsp3) is 0.481. The van der Waals surface area contributed by atoms with Crippen LogP contribution in [0.25, 0.3) is 11.0 Å². The van der Waals surface area contributed by atoms with E-state index in [2.05, 4.69) is 69.5 Å². The number of hydrogen-bond acceptors (Lipinski definition) is 2. The standard InChI is InChI=1S/C27H37N3O/c1-6-16-29(17-7-2)26(31)19-30-25-11-9-8-10-24(25)28-27(30)21(5)23-14-12-22(13-15-23)18-20(3)4/h8-15,20-21H,6-7,16-19H2,1-5H3. The first-order valence-corrected chi connectivity index (χ1v) is 11.8. The van der Waals surface area contributed by atoms with E-state index in [1.165, 1.54) is 11.1 Å². The second-order valence-corrected chi connectivity index (χ2v) is 8.99. The Balaban J connectivity index is 1.94. The Morgan fingerprint density at radius 3 is 2.23 bits per heavy atom. The van der Waals surface area contributed by atoms with Crippen molar-refractivity contribution in [2.45, 2.75) is 66.3 Å². The van der Waals surface area contributed by atoms with Gasteiger partial charge in [-0.3, -0.25) is 4.79 Å². The van der Waals surface area contributed by atoms with E-state index < -0.39 is 0 Å². The Morgan fingerprint density at radius 1 is 0.968 bits per heavy atom. The summed E-state index contributed by atoms with van der Waals surface area (Å²) >= 11 is 0. The van der Waals surface area contributed by atoms with Crippen LogP contribution >= 0.6 is 0 Å². The van der Waals surface area contributed by atoms with Gasteiger partial charge in [-0.1, -0.05) is 71.0 Å². The number of aromatic nitrogens is 2. The van der Waals surface area contributed by atoms with E-state index in [1.54, 1.807) is 0 Å². The molecule has 31 heavy (non-hydrogen) atoms. The molecule has 0 fully saturated rings. The minimum Gasteiger partial charge on any atom is -0.341 e. The molecule has 1 aromatic heterocycles. The number of hydrogen-bond donors (Lipinski definition) is 0. The highest BCUT2D eigenvalue weighted by molar-refractivity contribution is 5.81. The van der Waals surface area contributed by atoms with Gasteiger partial charge in [-0.15, -0.1) is 0 Å². The largest absolute Gasteiger partial charge is 0.341 e. The molecule has 0 bridgehead atoms. The molecule has 1 heterocycles. The number of amides is 1. The van der Waals surface area contributed by atoms with Crippen LogP contribution in [0.2, 0.25) is 0 Å². The highest BCUT2D eigenvalue weighted by Gasteiger charge is 2.21. The van der Waals surface area contributed by atoms with E-state index >= 15 is 0 Å². The van der Waals surface area contributed by atoms with Gasteiger partial charge >= 0.3 is 0 Å². The summed E-state index contributed by atoms with van der Waals surface area (Å²) in [5.74, 6) is 1.89. The van der Waals surface area contributed by atoms with Crippen molar-refractivity contribution in [1.29, 1.82) is 0 Å². The van der Waals surface area contributed by atoms with Crippen LogP contribution in [0.15, 0.2) is 48.5 Å². The zero-order valence-electron chi connectivity index (χ0n) is 19.8. The molecule has 0 saturated heterocycles. The van der Waals surface area contributed by atoms with Gasteiger partial charge in [-0.25, -0.2) is 4.98 Å². The van der Waals surface area contributed by atoms with E-state index in [1.807, 2.05) is 23.1 Å². The molecule has 0 aliphatic rings. The van der Waals surface area contributed by atoms with Crippen LogP contribution in [0.3, 0.4) is 0 Å². The van der Waals surface area contributed by atoms with Gasteiger partial charge in [0, 0.05) is 19.0 Å². The monoisotopic (exact) mass is 419 g/mol. The molecule has 0 aliphatic carbocycles. The Hall–Kier alpha value is -2.62. The van der Waals surface area contributed by atoms with E-state index in [4.69, 9.17) is 4.98 Å². The van der Waals surface area contributed by atoms with Gasteiger partial charge < -0.3 is 9.47 Å². The van der Waals surface area contributed by atoms with Crippen LogP contribution < -0.4 is 0 Å². The molecular formula is C27H37N3O. The van der Waals surface area contributed by atoms with Crippen molar-refractivity contribution >= 4 is 16.9 Å². The number of fused-ring (bicyclic) bond motifs is 1. The van der Waals surface area contributed by atoms with Gasteiger partial charge in [0.2, 0.25) is 5.91 Å². The molecular weight excluding hydrogens is 382 g/mol. The molecule has 4 nitrogen and oxygen atoms in total. The molecule has 4 heteroatoms. The van der Waals surface area contributed by atoms with E-state index in [0.717, 1.165) is 49.2 Å². The first kappa shape index (κ1) is 23.1. The fourth-order valence-electron chi connectivity index (χ4n) is 4.29. The zero-order chi connectivity index (χ0) is 22.4. The Bertz CT molecular complexity index is 981. The lowest BCUT2D eigenvalue weighted by Gasteiger charge is -2.23. The lowest BCUT2D eigenvalue weighted by atomic mass is 9.96. The summed E-state index contributed by atoms with van der Waals surface area (Å²) < 4.78 is 2.13. The molecule has 3 aromatic rings. The van der Waals surface area contributed by atoms with Gasteiger partial charge in [0.15, 0.2) is 0 Å². The first-order valence-electron chi connectivity index (χ1n) is 11.8. The maximum atomic E-state index is 13.2. The van der Waals surface area contributed by atoms with Crippen LogP contribution in [-0.4, -0.2) is 33.4 Å². The van der Waals surface area contributed by atoms with Crippen LogP contribution in [0, 0.1) is 5.92 Å². The molecule has 1 atom stereocenters. The van der Waals surface area contributed by atoms with Gasteiger partial charge in [0.25, 0.3) is 0 Å². The maximum absolute atomic E-state index is 13.2. The third kappa shape index (κ3) is 5.55. The number of imidazole rings is 1. The minimum absolute atomic E-state index is 0.110. The van der Waals surface area contributed by atoms with Crippen LogP contribution in [0.4, 0.5) is 0 Å². The van der Waals surface area contributed by atoms with Gasteiger partial charge in [-0.2, -0.15) is 0 Å².